The van der Waals surface area contributed by atoms with Crippen LogP contribution in [0.1, 0.15) is 46.2 Å². The Morgan fingerprint density at radius 2 is 2.23 bits per heavy atom. The number of nitrogens with zero attached hydrogens (tertiary/aromatic N) is 4. The van der Waals surface area contributed by atoms with Crippen LogP contribution in [0, 0.1) is 6.92 Å². The zero-order valence-electron chi connectivity index (χ0n) is 13.1. The molecule has 116 valence electrons. The van der Waals surface area contributed by atoms with Crippen molar-refractivity contribution in [2.75, 3.05) is 19.0 Å². The van der Waals surface area contributed by atoms with Gasteiger partial charge in [0.2, 0.25) is 5.95 Å². The molecule has 0 saturated heterocycles. The zero-order chi connectivity index (χ0) is 15.7. The maximum Gasteiger partial charge on any atom is 0.255 e. The van der Waals surface area contributed by atoms with Gasteiger partial charge in [-0.3, -0.25) is 9.89 Å². The number of aryl methyl sites for hydroxylation is 2. The van der Waals surface area contributed by atoms with Gasteiger partial charge in [-0.05, 0) is 26.2 Å². The van der Waals surface area contributed by atoms with Crippen LogP contribution in [0.3, 0.4) is 0 Å². The maximum atomic E-state index is 12.4. The van der Waals surface area contributed by atoms with Crippen molar-refractivity contribution >= 4 is 11.9 Å². The van der Waals surface area contributed by atoms with Crippen LogP contribution in [-0.4, -0.2) is 40.2 Å². The van der Waals surface area contributed by atoms with E-state index in [1.54, 1.807) is 6.20 Å². The van der Waals surface area contributed by atoms with Gasteiger partial charge >= 0.3 is 0 Å². The van der Waals surface area contributed by atoms with E-state index in [0.29, 0.717) is 11.5 Å². The molecule has 0 fully saturated rings. The summed E-state index contributed by atoms with van der Waals surface area (Å²) < 4.78 is 0. The second-order valence-corrected chi connectivity index (χ2v) is 5.79. The molecular formula is C15H20N6O. The van der Waals surface area contributed by atoms with E-state index < -0.39 is 0 Å². The van der Waals surface area contributed by atoms with E-state index in [0.717, 1.165) is 36.2 Å². The van der Waals surface area contributed by atoms with E-state index in [1.807, 2.05) is 32.1 Å². The van der Waals surface area contributed by atoms with Gasteiger partial charge in [0.25, 0.3) is 5.91 Å². The van der Waals surface area contributed by atoms with E-state index >= 15 is 0 Å². The Hall–Kier alpha value is -2.44. The van der Waals surface area contributed by atoms with Gasteiger partial charge in [-0.2, -0.15) is 5.10 Å². The largest absolute Gasteiger partial charge is 0.347 e. The van der Waals surface area contributed by atoms with Crippen molar-refractivity contribution in [1.82, 2.24) is 25.5 Å². The zero-order valence-corrected chi connectivity index (χ0v) is 13.1. The van der Waals surface area contributed by atoms with Gasteiger partial charge in [0.1, 0.15) is 0 Å². The molecule has 1 amide bonds. The van der Waals surface area contributed by atoms with Crippen LogP contribution >= 0.6 is 0 Å². The van der Waals surface area contributed by atoms with Crippen LogP contribution in [0.25, 0.3) is 0 Å². The van der Waals surface area contributed by atoms with Gasteiger partial charge in [-0.1, -0.05) is 0 Å². The second kappa shape index (κ2) is 5.75. The maximum absolute atomic E-state index is 12.4. The smallest absolute Gasteiger partial charge is 0.255 e. The highest BCUT2D eigenvalue weighted by molar-refractivity contribution is 5.95. The summed E-state index contributed by atoms with van der Waals surface area (Å²) in [4.78, 5) is 23.2. The summed E-state index contributed by atoms with van der Waals surface area (Å²) in [6.45, 7) is 1.84. The minimum Gasteiger partial charge on any atom is -0.347 e. The molecule has 2 aromatic heterocycles. The van der Waals surface area contributed by atoms with Gasteiger partial charge < -0.3 is 10.2 Å². The first-order valence-corrected chi connectivity index (χ1v) is 7.40. The van der Waals surface area contributed by atoms with Gasteiger partial charge in [0.15, 0.2) is 0 Å². The Morgan fingerprint density at radius 3 is 2.91 bits per heavy atom. The molecule has 0 aromatic carbocycles. The number of fused-ring (bicyclic) bond motifs is 1. The Labute approximate surface area is 129 Å². The molecule has 22 heavy (non-hydrogen) atoms. The molecule has 2 heterocycles. The van der Waals surface area contributed by atoms with Crippen molar-refractivity contribution in [3.8, 4) is 0 Å². The number of carbonyl (C=O) groups is 1. The normalized spacial score (nSPS) is 17.0. The fourth-order valence-electron chi connectivity index (χ4n) is 2.72. The minimum atomic E-state index is -0.110. The molecule has 2 N–H and O–H groups in total. The SMILES string of the molecule is Cc1[nH]ncc1C(=O)N[C@@H]1CCCc2nc(N(C)C)ncc21. The van der Waals surface area contributed by atoms with Gasteiger partial charge in [0, 0.05) is 31.5 Å². The lowest BCUT2D eigenvalue weighted by Gasteiger charge is -2.26. The Balaban J connectivity index is 1.83. The summed E-state index contributed by atoms with van der Waals surface area (Å²) in [5, 5.41) is 9.75. The number of hydrogen-bond acceptors (Lipinski definition) is 5. The summed E-state index contributed by atoms with van der Waals surface area (Å²) >= 11 is 0. The number of carbonyl (C=O) groups excluding carboxylic acids is 1. The molecule has 7 heteroatoms. The van der Waals surface area contributed by atoms with E-state index in [2.05, 4.69) is 25.5 Å². The van der Waals surface area contributed by atoms with Gasteiger partial charge in [-0.15, -0.1) is 0 Å². The van der Waals surface area contributed by atoms with Crippen LogP contribution < -0.4 is 10.2 Å². The summed E-state index contributed by atoms with van der Waals surface area (Å²) in [7, 11) is 3.84. The molecule has 0 bridgehead atoms. The number of aromatic nitrogens is 4. The first-order chi connectivity index (χ1) is 10.6. The second-order valence-electron chi connectivity index (χ2n) is 5.79. The highest BCUT2D eigenvalue weighted by atomic mass is 16.1. The molecular weight excluding hydrogens is 280 g/mol. The van der Waals surface area contributed by atoms with Crippen molar-refractivity contribution < 1.29 is 4.79 Å². The minimum absolute atomic E-state index is 0.0400. The highest BCUT2D eigenvalue weighted by Crippen LogP contribution is 2.29. The monoisotopic (exact) mass is 300 g/mol. The van der Waals surface area contributed by atoms with Crippen molar-refractivity contribution in [2.45, 2.75) is 32.2 Å². The molecule has 1 aliphatic carbocycles. The number of anilines is 1. The van der Waals surface area contributed by atoms with Crippen LogP contribution in [0.2, 0.25) is 0 Å². The summed E-state index contributed by atoms with van der Waals surface area (Å²) in [5.41, 5.74) is 3.40. The van der Waals surface area contributed by atoms with E-state index in [4.69, 9.17) is 0 Å². The number of hydrogen-bond donors (Lipinski definition) is 2. The summed E-state index contributed by atoms with van der Waals surface area (Å²) in [6, 6.07) is -0.0400. The average molecular weight is 300 g/mol. The summed E-state index contributed by atoms with van der Waals surface area (Å²) in [6.07, 6.45) is 6.23. The molecule has 3 rings (SSSR count). The third-order valence-corrected chi connectivity index (χ3v) is 3.95. The first kappa shape index (κ1) is 14.5. The number of H-pyrrole nitrogens is 1. The molecule has 0 aliphatic heterocycles. The van der Waals surface area contributed by atoms with E-state index in [1.165, 1.54) is 0 Å². The number of rotatable bonds is 3. The highest BCUT2D eigenvalue weighted by Gasteiger charge is 2.25. The van der Waals surface area contributed by atoms with Crippen molar-refractivity contribution in [3.63, 3.8) is 0 Å². The molecule has 0 saturated carbocycles. The molecule has 2 aromatic rings. The first-order valence-electron chi connectivity index (χ1n) is 7.40. The van der Waals surface area contributed by atoms with Crippen LogP contribution in [0.15, 0.2) is 12.4 Å². The molecule has 7 nitrogen and oxygen atoms in total. The number of amides is 1. The van der Waals surface area contributed by atoms with Crippen LogP contribution in [-0.2, 0) is 6.42 Å². The summed E-state index contributed by atoms with van der Waals surface area (Å²) in [5.74, 6) is 0.595. The Morgan fingerprint density at radius 1 is 1.41 bits per heavy atom. The predicted molar refractivity (Wildman–Crippen MR) is 82.8 cm³/mol. The lowest BCUT2D eigenvalue weighted by molar-refractivity contribution is 0.0932. The average Bonchev–Trinajstić information content (AvgIpc) is 2.93. The quantitative estimate of drug-likeness (QED) is 0.894. The lowest BCUT2D eigenvalue weighted by Crippen LogP contribution is -2.32. The molecule has 1 atom stereocenters. The molecule has 0 spiro atoms. The predicted octanol–water partition coefficient (Wildman–Crippen LogP) is 1.38. The third-order valence-electron chi connectivity index (χ3n) is 3.95. The van der Waals surface area contributed by atoms with Gasteiger partial charge in [-0.25, -0.2) is 9.97 Å². The van der Waals surface area contributed by atoms with Crippen molar-refractivity contribution in [3.05, 3.63) is 34.9 Å². The van der Waals surface area contributed by atoms with Crippen molar-refractivity contribution in [2.24, 2.45) is 0 Å². The molecule has 0 unspecified atom stereocenters. The standard InChI is InChI=1S/C15H20N6O/c1-9-10(8-17-20-9)14(22)18-12-5-4-6-13-11(12)7-16-15(19-13)21(2)3/h7-8,12H,4-6H2,1-3H3,(H,17,20)(H,18,22)/t12-/m1/s1. The topological polar surface area (TPSA) is 86.8 Å². The Bertz CT molecular complexity index is 693. The van der Waals surface area contributed by atoms with Crippen molar-refractivity contribution in [1.29, 1.82) is 0 Å². The fourth-order valence-corrected chi connectivity index (χ4v) is 2.72. The molecule has 1 aliphatic rings. The van der Waals surface area contributed by atoms with E-state index in [-0.39, 0.29) is 11.9 Å². The lowest BCUT2D eigenvalue weighted by atomic mass is 9.92. The van der Waals surface area contributed by atoms with Crippen LogP contribution in [0.4, 0.5) is 5.95 Å². The van der Waals surface area contributed by atoms with E-state index in [9.17, 15) is 4.79 Å². The number of aromatic amines is 1. The Kier molecular flexibility index (Phi) is 3.79. The van der Waals surface area contributed by atoms with Gasteiger partial charge in [0.05, 0.1) is 23.5 Å². The molecule has 0 radical (unpaired) electrons. The fraction of sp³-hybridized carbons (Fsp3) is 0.467. The third kappa shape index (κ3) is 2.66. The van der Waals surface area contributed by atoms with Crippen LogP contribution in [0.5, 0.6) is 0 Å². The number of nitrogens with one attached hydrogen (secondary N) is 2.